The van der Waals surface area contributed by atoms with E-state index in [0.717, 1.165) is 17.7 Å². The molecule has 0 radical (unpaired) electrons. The van der Waals surface area contributed by atoms with Gasteiger partial charge in [-0.25, -0.2) is 0 Å². The molecular formula is C24H26ClNO4S2. The van der Waals surface area contributed by atoms with Crippen molar-refractivity contribution in [2.45, 2.75) is 33.1 Å². The van der Waals surface area contributed by atoms with Gasteiger partial charge < -0.3 is 19.5 Å². The number of hydrogen-bond acceptors (Lipinski definition) is 6. The molecule has 0 unspecified atom stereocenters. The maximum atomic E-state index is 11.9. The fourth-order valence-corrected chi connectivity index (χ4v) is 4.40. The second-order valence-corrected chi connectivity index (χ2v) is 9.32. The second kappa shape index (κ2) is 11.6. The van der Waals surface area contributed by atoms with Crippen molar-refractivity contribution >= 4 is 51.9 Å². The van der Waals surface area contributed by atoms with Crippen LogP contribution < -0.4 is 19.5 Å². The van der Waals surface area contributed by atoms with Gasteiger partial charge in [0.2, 0.25) is 0 Å². The predicted octanol–water partition coefficient (Wildman–Crippen LogP) is 6.20. The van der Waals surface area contributed by atoms with E-state index < -0.39 is 0 Å². The quantitative estimate of drug-likeness (QED) is 0.242. The summed E-state index contributed by atoms with van der Waals surface area (Å²) in [6.07, 6.45) is 2.83. The normalized spacial score (nSPS) is 15.6. The van der Waals surface area contributed by atoms with Crippen LogP contribution in [0, 0.1) is 0 Å². The standard InChI is InChI=1S/C24H26ClNO4S2/c1-4-15(3)17-6-8-18(9-7-17)29-10-11-30-22-19(25)12-16(13-20(22)28-5-2)14-21-23(27)26-24(31)32-21/h6-9,12-15H,4-5,10-11H2,1-3H3,(H,26,27,31)/b21-14-/t15-/m0/s1. The van der Waals surface area contributed by atoms with Crippen molar-refractivity contribution < 1.29 is 19.0 Å². The van der Waals surface area contributed by atoms with E-state index in [1.54, 1.807) is 18.2 Å². The number of thiocarbonyl (C=S) groups is 1. The van der Waals surface area contributed by atoms with Crippen molar-refractivity contribution in [2.75, 3.05) is 19.8 Å². The van der Waals surface area contributed by atoms with Gasteiger partial charge >= 0.3 is 0 Å². The Kier molecular flexibility index (Phi) is 8.84. The molecule has 3 rings (SSSR count). The van der Waals surface area contributed by atoms with E-state index in [0.29, 0.717) is 51.5 Å². The number of halogens is 1. The maximum absolute atomic E-state index is 11.9. The van der Waals surface area contributed by atoms with Crippen LogP contribution >= 0.6 is 35.6 Å². The van der Waals surface area contributed by atoms with Crippen molar-refractivity contribution in [3.8, 4) is 17.2 Å². The molecule has 0 spiro atoms. The minimum absolute atomic E-state index is 0.219. The number of nitrogens with one attached hydrogen (secondary N) is 1. The molecule has 1 aliphatic rings. The van der Waals surface area contributed by atoms with Gasteiger partial charge in [-0.05, 0) is 60.7 Å². The lowest BCUT2D eigenvalue weighted by Gasteiger charge is -2.15. The van der Waals surface area contributed by atoms with Gasteiger partial charge in [-0.1, -0.05) is 61.6 Å². The molecule has 8 heteroatoms. The minimum atomic E-state index is -0.219. The molecule has 1 heterocycles. The Labute approximate surface area is 203 Å². The van der Waals surface area contributed by atoms with Crippen LogP contribution in [0.4, 0.5) is 0 Å². The Balaban J connectivity index is 1.63. The lowest BCUT2D eigenvalue weighted by Crippen LogP contribution is -2.17. The van der Waals surface area contributed by atoms with Crippen molar-refractivity contribution in [1.82, 2.24) is 5.32 Å². The van der Waals surface area contributed by atoms with Gasteiger partial charge in [-0.15, -0.1) is 0 Å². The molecule has 1 fully saturated rings. The summed E-state index contributed by atoms with van der Waals surface area (Å²) < 4.78 is 17.8. The summed E-state index contributed by atoms with van der Waals surface area (Å²) in [7, 11) is 0. The Morgan fingerprint density at radius 1 is 1.12 bits per heavy atom. The zero-order valence-corrected chi connectivity index (χ0v) is 20.7. The Morgan fingerprint density at radius 2 is 1.84 bits per heavy atom. The Bertz CT molecular complexity index is 1010. The van der Waals surface area contributed by atoms with E-state index in [9.17, 15) is 4.79 Å². The molecule has 170 valence electrons. The van der Waals surface area contributed by atoms with E-state index in [1.807, 2.05) is 19.1 Å². The van der Waals surface area contributed by atoms with E-state index in [2.05, 4.69) is 31.3 Å². The third kappa shape index (κ3) is 6.40. The number of amides is 1. The highest BCUT2D eigenvalue weighted by molar-refractivity contribution is 8.26. The lowest BCUT2D eigenvalue weighted by molar-refractivity contribution is -0.115. The zero-order valence-electron chi connectivity index (χ0n) is 18.3. The van der Waals surface area contributed by atoms with Crippen LogP contribution in [0.2, 0.25) is 5.02 Å². The first-order valence-electron chi connectivity index (χ1n) is 10.5. The number of hydrogen-bond donors (Lipinski definition) is 1. The third-order valence-corrected chi connectivity index (χ3v) is 6.37. The topological polar surface area (TPSA) is 56.8 Å². The molecule has 1 saturated heterocycles. The smallest absolute Gasteiger partial charge is 0.263 e. The average molecular weight is 492 g/mol. The number of rotatable bonds is 10. The molecule has 2 aromatic rings. The molecule has 0 aromatic heterocycles. The summed E-state index contributed by atoms with van der Waals surface area (Å²) in [4.78, 5) is 12.4. The number of thioether (sulfide) groups is 1. The molecule has 1 aliphatic heterocycles. The Hall–Kier alpha value is -2.22. The third-order valence-electron chi connectivity index (χ3n) is 4.93. The molecular weight excluding hydrogens is 466 g/mol. The summed E-state index contributed by atoms with van der Waals surface area (Å²) in [6, 6.07) is 11.7. The highest BCUT2D eigenvalue weighted by Gasteiger charge is 2.22. The van der Waals surface area contributed by atoms with Gasteiger partial charge in [0.1, 0.15) is 23.3 Å². The fourth-order valence-electron chi connectivity index (χ4n) is 3.08. The maximum Gasteiger partial charge on any atom is 0.263 e. The molecule has 1 amide bonds. The van der Waals surface area contributed by atoms with Gasteiger partial charge in [-0.3, -0.25) is 4.79 Å². The first kappa shape index (κ1) is 24.4. The molecule has 32 heavy (non-hydrogen) atoms. The first-order valence-corrected chi connectivity index (χ1v) is 12.1. The zero-order chi connectivity index (χ0) is 23.1. The van der Waals surface area contributed by atoms with Crippen LogP contribution in [0.15, 0.2) is 41.3 Å². The molecule has 0 bridgehead atoms. The van der Waals surface area contributed by atoms with Crippen LogP contribution in [0.3, 0.4) is 0 Å². The number of ether oxygens (including phenoxy) is 3. The highest BCUT2D eigenvalue weighted by atomic mass is 35.5. The van der Waals surface area contributed by atoms with Crippen LogP contribution in [0.5, 0.6) is 17.2 Å². The van der Waals surface area contributed by atoms with Gasteiger partial charge in [0, 0.05) is 0 Å². The SMILES string of the molecule is CCOc1cc(/C=C2\SC(=S)NC2=O)cc(Cl)c1OCCOc1ccc([C@@H](C)CC)cc1. The van der Waals surface area contributed by atoms with Crippen LogP contribution in [-0.2, 0) is 4.79 Å². The minimum Gasteiger partial charge on any atom is -0.490 e. The summed E-state index contributed by atoms with van der Waals surface area (Å²) in [6.45, 7) is 7.39. The summed E-state index contributed by atoms with van der Waals surface area (Å²) in [5, 5.41) is 2.99. The lowest BCUT2D eigenvalue weighted by atomic mass is 9.99. The van der Waals surface area contributed by atoms with Gasteiger partial charge in [0.25, 0.3) is 5.91 Å². The highest BCUT2D eigenvalue weighted by Crippen LogP contribution is 2.38. The van der Waals surface area contributed by atoms with Crippen LogP contribution in [0.25, 0.3) is 6.08 Å². The number of carbonyl (C=O) groups excluding carboxylic acids is 1. The van der Waals surface area contributed by atoms with E-state index in [1.165, 1.54) is 17.3 Å². The number of benzene rings is 2. The molecule has 1 atom stereocenters. The van der Waals surface area contributed by atoms with Gasteiger partial charge in [-0.2, -0.15) is 0 Å². The van der Waals surface area contributed by atoms with Crippen molar-refractivity contribution in [1.29, 1.82) is 0 Å². The average Bonchev–Trinajstić information content (AvgIpc) is 3.09. The van der Waals surface area contributed by atoms with Crippen LogP contribution in [-0.4, -0.2) is 30.0 Å². The van der Waals surface area contributed by atoms with E-state index in [-0.39, 0.29) is 5.91 Å². The van der Waals surface area contributed by atoms with E-state index in [4.69, 9.17) is 38.0 Å². The Morgan fingerprint density at radius 3 is 2.47 bits per heavy atom. The van der Waals surface area contributed by atoms with Gasteiger partial charge in [0.15, 0.2) is 11.5 Å². The van der Waals surface area contributed by atoms with E-state index >= 15 is 0 Å². The van der Waals surface area contributed by atoms with Crippen molar-refractivity contribution in [2.24, 2.45) is 0 Å². The first-order chi connectivity index (χ1) is 15.4. The fraction of sp³-hybridized carbons (Fsp3) is 0.333. The molecule has 0 saturated carbocycles. The summed E-state index contributed by atoms with van der Waals surface area (Å²) in [5.41, 5.74) is 2.03. The molecule has 0 aliphatic carbocycles. The predicted molar refractivity (Wildman–Crippen MR) is 135 cm³/mol. The van der Waals surface area contributed by atoms with Crippen molar-refractivity contribution in [3.63, 3.8) is 0 Å². The number of carbonyl (C=O) groups is 1. The van der Waals surface area contributed by atoms with Crippen LogP contribution in [0.1, 0.15) is 44.2 Å². The summed E-state index contributed by atoms with van der Waals surface area (Å²) >= 11 is 12.7. The summed E-state index contributed by atoms with van der Waals surface area (Å²) in [5.74, 6) is 2.07. The van der Waals surface area contributed by atoms with Crippen molar-refractivity contribution in [3.05, 3.63) is 57.5 Å². The largest absolute Gasteiger partial charge is 0.490 e. The molecule has 1 N–H and O–H groups in total. The molecule has 2 aromatic carbocycles. The monoisotopic (exact) mass is 491 g/mol. The van der Waals surface area contributed by atoms with Gasteiger partial charge in [0.05, 0.1) is 16.5 Å². The molecule has 5 nitrogen and oxygen atoms in total. The second-order valence-electron chi connectivity index (χ2n) is 7.19.